The third kappa shape index (κ3) is 19.9. The van der Waals surface area contributed by atoms with Gasteiger partial charge in [0, 0.05) is 84.0 Å². The first kappa shape index (κ1) is 94.5. The Bertz CT molecular complexity index is 6220. The number of aromatic nitrogens is 4. The van der Waals surface area contributed by atoms with Gasteiger partial charge in [-0.25, -0.2) is 33.9 Å². The average Bonchev–Trinajstić information content (AvgIpc) is 1.64. The van der Waals surface area contributed by atoms with Crippen molar-refractivity contribution in [1.82, 2.24) is 60.4 Å². The van der Waals surface area contributed by atoms with Gasteiger partial charge in [0.2, 0.25) is 41.7 Å². The van der Waals surface area contributed by atoms with E-state index in [-0.39, 0.29) is 117 Å². The summed E-state index contributed by atoms with van der Waals surface area (Å²) in [5.74, 6) is -8.82. The number of nitrogens with zero attached hydrogens (tertiary/aromatic N) is 7. The van der Waals surface area contributed by atoms with Gasteiger partial charge in [0.05, 0.1) is 83.3 Å². The second-order valence-electron chi connectivity index (χ2n) is 32.3. The number of carboxylic acid groups (broad SMARTS) is 1. The Balaban J connectivity index is 0.522. The topological polar surface area (TPSA) is 581 Å². The zero-order chi connectivity index (χ0) is 95.3. The van der Waals surface area contributed by atoms with Crippen molar-refractivity contribution in [2.24, 2.45) is 0 Å². The summed E-state index contributed by atoms with van der Waals surface area (Å²) >= 11 is 0. The summed E-state index contributed by atoms with van der Waals surface area (Å²) < 4.78 is 47.3. The molecule has 1 fully saturated rings. The number of carbonyl (C=O) groups is 13. The lowest BCUT2D eigenvalue weighted by Crippen LogP contribution is -2.61. The Morgan fingerprint density at radius 2 is 1.10 bits per heavy atom. The highest BCUT2D eigenvalue weighted by molar-refractivity contribution is 6.13. The van der Waals surface area contributed by atoms with Crippen LogP contribution in [-0.4, -0.2) is 244 Å². The van der Waals surface area contributed by atoms with Crippen LogP contribution in [0.15, 0.2) is 113 Å². The van der Waals surface area contributed by atoms with Crippen molar-refractivity contribution in [3.05, 3.63) is 179 Å². The number of esters is 2. The van der Waals surface area contributed by atoms with Crippen molar-refractivity contribution in [3.63, 3.8) is 0 Å². The van der Waals surface area contributed by atoms with E-state index in [9.17, 15) is 103 Å². The van der Waals surface area contributed by atoms with Gasteiger partial charge >= 0.3 is 30.1 Å². The fourth-order valence-corrected chi connectivity index (χ4v) is 16.4. The number of likely N-dealkylation sites (N-methyl/N-ethyl adjacent to an activating group) is 1. The highest BCUT2D eigenvalue weighted by Crippen LogP contribution is 2.44. The van der Waals surface area contributed by atoms with E-state index in [4.69, 9.17) is 47.9 Å². The van der Waals surface area contributed by atoms with Gasteiger partial charge in [-0.15, -0.1) is 0 Å². The third-order valence-electron chi connectivity index (χ3n) is 23.8. The van der Waals surface area contributed by atoms with Crippen LogP contribution >= 0.6 is 0 Å². The van der Waals surface area contributed by atoms with Gasteiger partial charge in [0.25, 0.3) is 22.9 Å². The van der Waals surface area contributed by atoms with Crippen LogP contribution in [0.2, 0.25) is 0 Å². The Kier molecular flexibility index (Phi) is 28.1. The van der Waals surface area contributed by atoms with Gasteiger partial charge in [-0.2, -0.15) is 0 Å². The number of benzene rings is 4. The largest absolute Gasteiger partial charge is 0.479 e. The molecular weight excluding hydrogens is 1740 g/mol. The lowest BCUT2D eigenvalue weighted by atomic mass is 9.86. The number of pyridine rings is 4. The Labute approximate surface area is 755 Å². The smallest absolute Gasteiger partial charge is 0.410 e. The monoisotopic (exact) mass is 1840 g/mol. The predicted octanol–water partition coefficient (Wildman–Crippen LogP) is 1.17. The summed E-state index contributed by atoms with van der Waals surface area (Å²) in [6.45, 7) is 5.75. The Morgan fingerprint density at radius 1 is 0.579 bits per heavy atom. The molecule has 6 aliphatic heterocycles. The molecule has 0 unspecified atom stereocenters. The van der Waals surface area contributed by atoms with Crippen molar-refractivity contribution in [3.8, 4) is 40.0 Å². The molecule has 10 amide bonds. The Hall–Kier alpha value is -14.6. The van der Waals surface area contributed by atoms with Crippen molar-refractivity contribution < 1.29 is 131 Å². The minimum atomic E-state index is -2.09. The van der Waals surface area contributed by atoms with Crippen LogP contribution in [-0.2, 0) is 140 Å². The van der Waals surface area contributed by atoms with Gasteiger partial charge < -0.3 is 109 Å². The average molecular weight is 1840 g/mol. The maximum absolute atomic E-state index is 13.9. The highest BCUT2D eigenvalue weighted by atomic mass is 16.7. The van der Waals surface area contributed by atoms with Gasteiger partial charge in [0.1, 0.15) is 74.1 Å². The van der Waals surface area contributed by atoms with Crippen LogP contribution in [0.1, 0.15) is 116 Å². The summed E-state index contributed by atoms with van der Waals surface area (Å²) in [5, 5.41) is 83.4. The minimum Gasteiger partial charge on any atom is -0.479 e. The standard InChI is InChI=1S/C90H96N14O29/c1-8-51-53-29-49(17-19-61(53)98-73-55(51)33-103-64(73)31-59-57(81(103)116)40-126-85(120)89(59,124)10-3)130-42-92-87(122)128-38-46-12-15-48(16-13-46)96-80(115)45(6)95-79(114)44(5)94-69(107)37-101(26-27-102-71(109)22-23-72(102)110)36-67(105)91-25-24-70(108)100(7)35-68(106)97-63-28-47(14-21-66(63)132-84-77(113)75(111)76(112)78(133-84)83(118)119)39-129-88(123)93-43-131-50-18-20-62-54(30-50)52(9-2)56-34-104-65(74(56)99-62)32-60-58(82(104)117)41-127-86(121)90(60,125)11-4/h12-23,28-32,44-45,75-78,84,111-113,124-125H,8-11,24-27,33-43H2,1-7H3,(H,91,105)(H,92,122)(H,93,123)(H,94,107)(H,95,114)(H,96,115)(H,97,106)(H,118,119)/t44-,45-,75-,76-,77+,78-,84+,89-,90-/m0/s1. The van der Waals surface area contributed by atoms with Crippen molar-refractivity contribution >= 4 is 111 Å². The van der Waals surface area contributed by atoms with Crippen molar-refractivity contribution in [2.45, 2.75) is 167 Å². The second-order valence-corrected chi connectivity index (χ2v) is 32.3. The number of ether oxygens (including phenoxy) is 8. The van der Waals surface area contributed by atoms with Crippen LogP contribution < -0.4 is 62.5 Å². The maximum atomic E-state index is 13.9. The number of carbonyl (C=O) groups excluding carboxylic acids is 12. The van der Waals surface area contributed by atoms with E-state index in [1.165, 1.54) is 60.7 Å². The molecule has 4 aromatic carbocycles. The number of rotatable bonds is 35. The van der Waals surface area contributed by atoms with E-state index in [2.05, 4.69) is 37.2 Å². The molecule has 0 aliphatic carbocycles. The van der Waals surface area contributed by atoms with Crippen LogP contribution in [0.3, 0.4) is 0 Å². The molecule has 0 spiro atoms. The molecule has 9 atom stereocenters. The fraction of sp³-hybridized carbons (Fsp3) is 0.389. The molecule has 0 saturated carbocycles. The number of fused-ring (bicyclic) bond motifs is 10. The molecular formula is C90H96N14O29. The lowest BCUT2D eigenvalue weighted by molar-refractivity contribution is -0.271. The molecule has 700 valence electrons. The minimum absolute atomic E-state index is 0.00744. The summed E-state index contributed by atoms with van der Waals surface area (Å²) in [5.41, 5.74) is 3.32. The number of carboxylic acids is 1. The normalized spacial score (nSPS) is 19.3. The SMILES string of the molecule is CCc1c2c(nc3ccc(OCNC(=O)OCc4ccc(NC(=O)[C@H](C)NC(=O)[C@H](C)NC(=O)CN(CCN5C(=O)C=CC5=O)CC(=O)NCCC(=O)N(C)CC(=O)Nc5cc(COC(=O)NCOc6ccc7nc8c(c(CC)c7c6)Cn6c-8cc7c(c6=O)COC(=O)[C@]7(O)CC)ccc5O[C@@H]5O[C@H](C(=O)O)[C@@H](O)[C@H](O)[C@H]5O)cc4)cc13)-c1cc3c(c(=O)n1C2)COC(=O)[C@]3(O)CC. The van der Waals surface area contributed by atoms with Gasteiger partial charge in [0.15, 0.2) is 30.8 Å². The molecule has 133 heavy (non-hydrogen) atoms. The summed E-state index contributed by atoms with van der Waals surface area (Å²) in [6.07, 6.45) is -9.32. The quantitative estimate of drug-likeness (QED) is 0.0115. The third-order valence-corrected chi connectivity index (χ3v) is 23.8. The van der Waals surface area contributed by atoms with E-state index in [0.29, 0.717) is 74.8 Å². The number of aliphatic carboxylic acids is 1. The molecule has 4 aromatic heterocycles. The number of anilines is 2. The number of aliphatic hydroxyl groups excluding tert-OH is 3. The molecule has 0 bridgehead atoms. The van der Waals surface area contributed by atoms with Crippen molar-refractivity contribution in [2.75, 3.05) is 70.4 Å². The van der Waals surface area contributed by atoms with Gasteiger partial charge in [-0.1, -0.05) is 45.9 Å². The molecule has 6 aliphatic rings. The fourth-order valence-electron chi connectivity index (χ4n) is 16.4. The highest BCUT2D eigenvalue weighted by Gasteiger charge is 2.50. The first-order chi connectivity index (χ1) is 63.5. The number of aliphatic hydroxyl groups is 5. The second kappa shape index (κ2) is 39.6. The van der Waals surface area contributed by atoms with E-state index in [1.807, 2.05) is 13.8 Å². The Morgan fingerprint density at radius 3 is 1.62 bits per heavy atom. The van der Waals surface area contributed by atoms with E-state index >= 15 is 0 Å². The van der Waals surface area contributed by atoms with E-state index < -0.39 is 176 Å². The molecule has 10 heterocycles. The molecule has 13 N–H and O–H groups in total. The summed E-state index contributed by atoms with van der Waals surface area (Å²) in [4.78, 5) is 210. The van der Waals surface area contributed by atoms with Gasteiger partial charge in [-0.3, -0.25) is 68.4 Å². The summed E-state index contributed by atoms with van der Waals surface area (Å²) in [7, 11) is 1.26. The number of alkyl carbamates (subject to hydrolysis) is 2. The molecule has 1 saturated heterocycles. The molecule has 43 nitrogen and oxygen atoms in total. The first-order valence-electron chi connectivity index (χ1n) is 42.6. The van der Waals surface area contributed by atoms with Crippen LogP contribution in [0.5, 0.6) is 17.2 Å². The molecule has 43 heteroatoms. The van der Waals surface area contributed by atoms with Crippen molar-refractivity contribution in [1.29, 1.82) is 0 Å². The lowest BCUT2D eigenvalue weighted by Gasteiger charge is -2.38. The van der Waals surface area contributed by atoms with E-state index in [0.717, 1.165) is 49.6 Å². The number of amides is 10. The molecule has 0 radical (unpaired) electrons. The maximum Gasteiger partial charge on any atom is 0.410 e. The number of nitrogens with one attached hydrogen (secondary N) is 7. The summed E-state index contributed by atoms with van der Waals surface area (Å²) in [6, 6.07) is 21.2. The zero-order valence-electron chi connectivity index (χ0n) is 73.0. The van der Waals surface area contributed by atoms with Gasteiger partial charge in [-0.05, 0) is 135 Å². The number of hydrogen-bond donors (Lipinski definition) is 13. The van der Waals surface area contributed by atoms with Crippen LogP contribution in [0.25, 0.3) is 44.6 Å². The number of aryl methyl sites for hydroxylation is 2. The first-order valence-corrected chi connectivity index (χ1v) is 42.6. The van der Waals surface area contributed by atoms with Crippen LogP contribution in [0.4, 0.5) is 21.0 Å². The number of cyclic esters (lactones) is 2. The van der Waals surface area contributed by atoms with E-state index in [1.54, 1.807) is 79.1 Å². The number of hydrogen-bond acceptors (Lipinski definition) is 31. The zero-order valence-corrected chi connectivity index (χ0v) is 73.0. The van der Waals surface area contributed by atoms with Crippen LogP contribution in [0, 0.1) is 0 Å². The number of imide groups is 1. The predicted molar refractivity (Wildman–Crippen MR) is 463 cm³/mol. The molecule has 8 aromatic rings. The molecule has 14 rings (SSSR count).